The summed E-state index contributed by atoms with van der Waals surface area (Å²) < 4.78 is 44.8. The molecule has 0 amide bonds. The molecular weight excluding hydrogens is 458 g/mol. The highest BCUT2D eigenvalue weighted by molar-refractivity contribution is 7.89. The van der Waals surface area contributed by atoms with Crippen molar-refractivity contribution >= 4 is 26.5 Å². The molecule has 0 fully saturated rings. The van der Waals surface area contributed by atoms with Gasteiger partial charge in [-0.2, -0.15) is 4.31 Å². The van der Waals surface area contributed by atoms with Crippen LogP contribution in [-0.2, 0) is 24.2 Å². The third kappa shape index (κ3) is 8.12. The van der Waals surface area contributed by atoms with E-state index in [0.717, 1.165) is 11.1 Å². The normalized spacial score (nSPS) is 11.6. The first-order chi connectivity index (χ1) is 16.4. The number of hydrogen-bond acceptors (Lipinski definition) is 7. The van der Waals surface area contributed by atoms with Crippen LogP contribution in [-0.4, -0.2) is 86.1 Å². The predicted octanol–water partition coefficient (Wildman–Crippen LogP) is 3.67. The van der Waals surface area contributed by atoms with Crippen LogP contribution in [0.1, 0.15) is 13.3 Å². The molecule has 0 saturated heterocycles. The number of ether oxygens (including phenoxy) is 3. The summed E-state index contributed by atoms with van der Waals surface area (Å²) in [5.74, 6) is 0. The topological polar surface area (TPSA) is 117 Å². The van der Waals surface area contributed by atoms with Crippen molar-refractivity contribution in [3.8, 4) is 0 Å². The number of anilines is 1. The van der Waals surface area contributed by atoms with E-state index in [2.05, 4.69) is 10.0 Å². The average Bonchev–Trinajstić information content (AvgIpc) is 2.83. The van der Waals surface area contributed by atoms with Gasteiger partial charge in [-0.25, -0.2) is 8.42 Å². The van der Waals surface area contributed by atoms with Gasteiger partial charge in [0, 0.05) is 55.1 Å². The average molecular weight is 494 g/mol. The number of sulfonamides is 1. The van der Waals surface area contributed by atoms with Crippen molar-refractivity contribution in [2.24, 2.45) is 5.11 Å². The SMILES string of the molecule is CCCN(CCOCCOCCOCCN=[N+]=[N-])S(=O)(=O)c1cccc2c(N(C)C)cccc12. The zero-order valence-corrected chi connectivity index (χ0v) is 21.0. The summed E-state index contributed by atoms with van der Waals surface area (Å²) in [6.45, 7) is 5.14. The molecule has 0 spiro atoms. The highest BCUT2D eigenvalue weighted by Gasteiger charge is 2.26. The second-order valence-electron chi connectivity index (χ2n) is 7.72. The van der Waals surface area contributed by atoms with Crippen LogP contribution in [0.4, 0.5) is 5.69 Å². The van der Waals surface area contributed by atoms with Gasteiger partial charge < -0.3 is 19.1 Å². The van der Waals surface area contributed by atoms with Gasteiger partial charge in [0.2, 0.25) is 10.0 Å². The maximum absolute atomic E-state index is 13.5. The van der Waals surface area contributed by atoms with E-state index in [1.165, 1.54) is 4.31 Å². The highest BCUT2D eigenvalue weighted by Crippen LogP contribution is 2.31. The van der Waals surface area contributed by atoms with Crippen molar-refractivity contribution in [2.45, 2.75) is 18.2 Å². The van der Waals surface area contributed by atoms with Gasteiger partial charge in [0.1, 0.15) is 0 Å². The summed E-state index contributed by atoms with van der Waals surface area (Å²) in [4.78, 5) is 4.94. The molecule has 34 heavy (non-hydrogen) atoms. The summed E-state index contributed by atoms with van der Waals surface area (Å²) in [5, 5.41) is 4.99. The molecule has 0 N–H and O–H groups in total. The van der Waals surface area contributed by atoms with Gasteiger partial charge in [-0.3, -0.25) is 0 Å². The summed E-state index contributed by atoms with van der Waals surface area (Å²) in [5.41, 5.74) is 9.15. The number of benzene rings is 2. The van der Waals surface area contributed by atoms with E-state index >= 15 is 0 Å². The Kier molecular flexibility index (Phi) is 12.1. The molecule has 0 aliphatic carbocycles. The molecule has 2 rings (SSSR count). The number of azide groups is 1. The lowest BCUT2D eigenvalue weighted by molar-refractivity contribution is 0.0146. The molecule has 0 atom stereocenters. The zero-order chi connectivity index (χ0) is 24.8. The van der Waals surface area contributed by atoms with Gasteiger partial charge in [-0.15, -0.1) is 0 Å². The Morgan fingerprint density at radius 2 is 1.50 bits per heavy atom. The maximum atomic E-state index is 13.5. The summed E-state index contributed by atoms with van der Waals surface area (Å²) in [6.07, 6.45) is 0.704. The Balaban J connectivity index is 1.90. The monoisotopic (exact) mass is 493 g/mol. The van der Waals surface area contributed by atoms with Gasteiger partial charge in [-0.05, 0) is 24.1 Å². The molecule has 0 radical (unpaired) electrons. The van der Waals surface area contributed by atoms with E-state index in [4.69, 9.17) is 19.7 Å². The number of hydrogen-bond donors (Lipinski definition) is 0. The molecule has 0 heterocycles. The minimum atomic E-state index is -3.69. The summed E-state index contributed by atoms with van der Waals surface area (Å²) in [6, 6.07) is 11.1. The molecule has 0 unspecified atom stereocenters. The summed E-state index contributed by atoms with van der Waals surface area (Å²) in [7, 11) is 0.198. The highest BCUT2D eigenvalue weighted by atomic mass is 32.2. The maximum Gasteiger partial charge on any atom is 0.243 e. The van der Waals surface area contributed by atoms with Crippen LogP contribution in [0.2, 0.25) is 0 Å². The fourth-order valence-electron chi connectivity index (χ4n) is 3.48. The first-order valence-corrected chi connectivity index (χ1v) is 12.8. The van der Waals surface area contributed by atoms with Gasteiger partial charge in [0.05, 0.1) is 44.5 Å². The lowest BCUT2D eigenvalue weighted by atomic mass is 10.1. The Morgan fingerprint density at radius 1 is 0.882 bits per heavy atom. The molecule has 188 valence electrons. The van der Waals surface area contributed by atoms with Crippen LogP contribution in [0.3, 0.4) is 0 Å². The minimum absolute atomic E-state index is 0.266. The fraction of sp³-hybridized carbons (Fsp3) is 0.565. The van der Waals surface area contributed by atoms with Crippen LogP contribution in [0.25, 0.3) is 21.2 Å². The van der Waals surface area contributed by atoms with Crippen molar-refractivity contribution in [3.05, 3.63) is 46.8 Å². The van der Waals surface area contributed by atoms with Gasteiger partial charge >= 0.3 is 0 Å². The van der Waals surface area contributed by atoms with E-state index in [-0.39, 0.29) is 13.2 Å². The van der Waals surface area contributed by atoms with E-state index < -0.39 is 10.0 Å². The molecule has 0 bridgehead atoms. The van der Waals surface area contributed by atoms with Gasteiger partial charge in [0.25, 0.3) is 0 Å². The fourth-order valence-corrected chi connectivity index (χ4v) is 5.20. The standard InChI is InChI=1S/C23H35N5O5S/c1-4-12-28(13-15-32-17-19-33-18-16-31-14-11-25-26-24)34(29,30)23-10-6-7-20-21(23)8-5-9-22(20)27(2)3/h5-10H,4,11-19H2,1-3H3. The van der Waals surface area contributed by atoms with Crippen LogP contribution >= 0.6 is 0 Å². The Hall–Kier alpha value is -2.40. The third-order valence-corrected chi connectivity index (χ3v) is 7.02. The lowest BCUT2D eigenvalue weighted by Crippen LogP contribution is -2.35. The molecule has 10 nitrogen and oxygen atoms in total. The predicted molar refractivity (Wildman–Crippen MR) is 134 cm³/mol. The second kappa shape index (κ2) is 14.8. The molecule has 0 aliphatic heterocycles. The molecular formula is C23H35N5O5S. The van der Waals surface area contributed by atoms with E-state index in [9.17, 15) is 8.42 Å². The van der Waals surface area contributed by atoms with Crippen molar-refractivity contribution in [2.75, 3.05) is 78.3 Å². The Bertz CT molecular complexity index is 1040. The van der Waals surface area contributed by atoms with Crippen molar-refractivity contribution in [3.63, 3.8) is 0 Å². The van der Waals surface area contributed by atoms with Crippen LogP contribution < -0.4 is 4.90 Å². The van der Waals surface area contributed by atoms with E-state index in [1.807, 2.05) is 50.2 Å². The molecule has 2 aromatic carbocycles. The first-order valence-electron chi connectivity index (χ1n) is 11.4. The molecule has 11 heteroatoms. The Morgan fingerprint density at radius 3 is 2.15 bits per heavy atom. The molecule has 0 saturated carbocycles. The third-order valence-electron chi connectivity index (χ3n) is 5.06. The number of fused-ring (bicyclic) bond motifs is 1. The molecule has 2 aromatic rings. The van der Waals surface area contributed by atoms with Gasteiger partial charge in [0.15, 0.2) is 0 Å². The van der Waals surface area contributed by atoms with E-state index in [1.54, 1.807) is 12.1 Å². The van der Waals surface area contributed by atoms with E-state index in [0.29, 0.717) is 62.8 Å². The van der Waals surface area contributed by atoms with Crippen molar-refractivity contribution in [1.29, 1.82) is 0 Å². The second-order valence-corrected chi connectivity index (χ2v) is 9.62. The smallest absolute Gasteiger partial charge is 0.243 e. The quantitative estimate of drug-likeness (QED) is 0.144. The minimum Gasteiger partial charge on any atom is -0.379 e. The molecule has 0 aromatic heterocycles. The first kappa shape index (κ1) is 27.8. The lowest BCUT2D eigenvalue weighted by Gasteiger charge is -2.23. The van der Waals surface area contributed by atoms with Crippen molar-refractivity contribution < 1.29 is 22.6 Å². The number of nitrogens with zero attached hydrogens (tertiary/aromatic N) is 5. The Labute approximate surface area is 202 Å². The van der Waals surface area contributed by atoms with Crippen LogP contribution in [0, 0.1) is 0 Å². The van der Waals surface area contributed by atoms with Crippen molar-refractivity contribution in [1.82, 2.24) is 4.31 Å². The van der Waals surface area contributed by atoms with Crippen LogP contribution in [0.5, 0.6) is 0 Å². The molecule has 0 aliphatic rings. The summed E-state index contributed by atoms with van der Waals surface area (Å²) >= 11 is 0. The largest absolute Gasteiger partial charge is 0.379 e. The zero-order valence-electron chi connectivity index (χ0n) is 20.2. The van der Waals surface area contributed by atoms with Gasteiger partial charge in [-0.1, -0.05) is 36.3 Å². The van der Waals surface area contributed by atoms with Crippen LogP contribution in [0.15, 0.2) is 46.4 Å². The number of rotatable bonds is 17.